The minimum Gasteiger partial charge on any atom is -0.493 e. The van der Waals surface area contributed by atoms with Gasteiger partial charge in [-0.2, -0.15) is 0 Å². The smallest absolute Gasteiger partial charge is 0.415 e. The molecule has 43 heavy (non-hydrogen) atoms. The molecule has 2 N–H and O–H groups in total. The van der Waals surface area contributed by atoms with Gasteiger partial charge in [-0.25, -0.2) is 18.7 Å². The molecule has 14 heteroatoms. The summed E-state index contributed by atoms with van der Waals surface area (Å²) < 4.78 is 45.9. The molecular weight excluding hydrogens is 582 g/mol. The van der Waals surface area contributed by atoms with Crippen LogP contribution in [0.5, 0.6) is 11.6 Å². The Labute approximate surface area is 248 Å². The molecule has 0 aliphatic carbocycles. The maximum atomic E-state index is 12.7. The number of ether oxygens (including phenoxy) is 3. The number of benzene rings is 2. The zero-order chi connectivity index (χ0) is 31.1. The molecular formula is C29H31N3O10S. The van der Waals surface area contributed by atoms with Crippen molar-refractivity contribution in [2.75, 3.05) is 19.8 Å². The van der Waals surface area contributed by atoms with Crippen molar-refractivity contribution in [1.29, 1.82) is 0 Å². The van der Waals surface area contributed by atoms with Gasteiger partial charge in [-0.3, -0.25) is 14.6 Å². The van der Waals surface area contributed by atoms with Crippen LogP contribution in [0.4, 0.5) is 0 Å². The molecule has 0 aliphatic heterocycles. The van der Waals surface area contributed by atoms with E-state index >= 15 is 0 Å². The van der Waals surface area contributed by atoms with E-state index in [1.54, 1.807) is 23.7 Å². The summed E-state index contributed by atoms with van der Waals surface area (Å²) in [5, 5.41) is 22.9. The number of hydroxylamine groups is 1. The summed E-state index contributed by atoms with van der Waals surface area (Å²) in [5.74, 6) is 4.28. The van der Waals surface area contributed by atoms with Gasteiger partial charge < -0.3 is 19.4 Å². The topological polar surface area (TPSA) is 181 Å². The van der Waals surface area contributed by atoms with E-state index < -0.39 is 26.7 Å². The molecule has 3 aromatic rings. The molecule has 2 aromatic carbocycles. The highest BCUT2D eigenvalue weighted by molar-refractivity contribution is 7.91. The Balaban J connectivity index is 1.39. The predicted molar refractivity (Wildman–Crippen MR) is 150 cm³/mol. The molecule has 0 aliphatic rings. The standard InChI is InChI=1S/C29H31N3O10S/c1-22-21-23(14-16-25(22)39-18-8-3-2-7-13-26(33)30-35)15-17-27(34)40-19-9-10-20-41-28-29(32(36)42-31-28)43(37,38)24-11-5-4-6-12-24/h4-6,11-12,14-17,21,35H,2-3,7-8,13,18-20H2,1H3,(H,30,33)/b17-15+. The van der Waals surface area contributed by atoms with Crippen LogP contribution >= 0.6 is 0 Å². The maximum absolute atomic E-state index is 12.7. The van der Waals surface area contributed by atoms with E-state index in [1.165, 1.54) is 30.3 Å². The highest BCUT2D eigenvalue weighted by Gasteiger charge is 2.35. The van der Waals surface area contributed by atoms with E-state index in [0.717, 1.165) is 36.1 Å². The molecule has 0 saturated carbocycles. The first-order valence-electron chi connectivity index (χ1n) is 13.2. The fraction of sp³-hybridized carbons (Fsp3) is 0.310. The molecule has 0 bridgehead atoms. The number of nitrogens with one attached hydrogen (secondary N) is 1. The number of amides is 1. The zero-order valence-corrected chi connectivity index (χ0v) is 24.2. The monoisotopic (exact) mass is 613 g/mol. The summed E-state index contributed by atoms with van der Waals surface area (Å²) >= 11 is 0. The normalized spacial score (nSPS) is 11.0. The Morgan fingerprint density at radius 2 is 1.81 bits per heavy atom. The van der Waals surface area contributed by atoms with Crippen molar-refractivity contribution < 1.29 is 47.0 Å². The van der Waals surface area contributed by atoms with E-state index in [-0.39, 0.29) is 28.9 Å². The first kappa shape index (κ1) is 32.6. The SMILES string of the molecule is Cc1cc(/C=C/C(=O)OCC#CCOc2no[n+]([O-])c2S(=O)(=O)c2ccccc2)ccc1OCCCCCCC(=O)NO. The number of carbonyl (C=O) groups excluding carboxylic acids is 2. The minimum absolute atomic E-state index is 0.134. The number of esters is 1. The van der Waals surface area contributed by atoms with Gasteiger partial charge in [-0.15, -0.1) is 0 Å². The van der Waals surface area contributed by atoms with Gasteiger partial charge in [0.15, 0.2) is 13.2 Å². The van der Waals surface area contributed by atoms with Crippen LogP contribution in [0.15, 0.2) is 69.2 Å². The van der Waals surface area contributed by atoms with E-state index in [9.17, 15) is 23.2 Å². The Morgan fingerprint density at radius 1 is 1.07 bits per heavy atom. The van der Waals surface area contributed by atoms with Crippen molar-refractivity contribution in [3.05, 3.63) is 70.9 Å². The van der Waals surface area contributed by atoms with E-state index in [0.29, 0.717) is 19.4 Å². The molecule has 0 atom stereocenters. The highest BCUT2D eigenvalue weighted by Crippen LogP contribution is 2.25. The van der Waals surface area contributed by atoms with Gasteiger partial charge in [-0.05, 0) is 66.1 Å². The summed E-state index contributed by atoms with van der Waals surface area (Å²) in [4.78, 5) is 22.6. The number of rotatable bonds is 15. The number of nitrogens with zero attached hydrogens (tertiary/aromatic N) is 2. The summed E-state index contributed by atoms with van der Waals surface area (Å²) in [6, 6.07) is 12.8. The third kappa shape index (κ3) is 10.2. The second-order valence-corrected chi connectivity index (χ2v) is 10.9. The number of unbranched alkanes of at least 4 members (excludes halogenated alkanes) is 3. The van der Waals surface area contributed by atoms with Gasteiger partial charge in [0, 0.05) is 12.5 Å². The van der Waals surface area contributed by atoms with Crippen molar-refractivity contribution in [2.45, 2.75) is 48.9 Å². The first-order chi connectivity index (χ1) is 20.7. The van der Waals surface area contributed by atoms with Crippen molar-refractivity contribution >= 4 is 27.8 Å². The lowest BCUT2D eigenvalue weighted by molar-refractivity contribution is -0.832. The number of carbonyl (C=O) groups is 2. The Morgan fingerprint density at radius 3 is 2.56 bits per heavy atom. The molecule has 1 aromatic heterocycles. The highest BCUT2D eigenvalue weighted by atomic mass is 32.2. The second kappa shape index (κ2) is 16.5. The van der Waals surface area contributed by atoms with E-state index in [4.69, 9.17) is 19.4 Å². The third-order valence-electron chi connectivity index (χ3n) is 5.84. The number of hydrogen-bond donors (Lipinski definition) is 2. The molecule has 1 heterocycles. The predicted octanol–water partition coefficient (Wildman–Crippen LogP) is 2.92. The average Bonchev–Trinajstić information content (AvgIpc) is 3.39. The number of sulfone groups is 1. The van der Waals surface area contributed by atoms with Gasteiger partial charge in [-0.1, -0.05) is 48.9 Å². The molecule has 1 amide bonds. The van der Waals surface area contributed by atoms with E-state index in [2.05, 4.69) is 21.6 Å². The Hall–Kier alpha value is -4.87. The van der Waals surface area contributed by atoms with Crippen LogP contribution in [0.3, 0.4) is 0 Å². The Kier molecular flexibility index (Phi) is 12.6. The van der Waals surface area contributed by atoms with Crippen molar-refractivity contribution in [1.82, 2.24) is 10.6 Å². The number of aryl methyl sites for hydroxylation is 1. The van der Waals surface area contributed by atoms with Gasteiger partial charge in [0.05, 0.1) is 16.7 Å². The Bertz CT molecular complexity index is 1570. The lowest BCUT2D eigenvalue weighted by Crippen LogP contribution is -2.30. The molecule has 228 valence electrons. The zero-order valence-electron chi connectivity index (χ0n) is 23.4. The van der Waals surface area contributed by atoms with Crippen LogP contribution in [0.2, 0.25) is 0 Å². The van der Waals surface area contributed by atoms with Crippen LogP contribution in [0.1, 0.15) is 43.2 Å². The molecule has 0 saturated heterocycles. The molecule has 0 unspecified atom stereocenters. The number of aromatic nitrogens is 2. The molecule has 0 radical (unpaired) electrons. The molecule has 3 rings (SSSR count). The fourth-order valence-corrected chi connectivity index (χ4v) is 4.98. The van der Waals surface area contributed by atoms with Crippen molar-refractivity contribution in [3.63, 3.8) is 0 Å². The van der Waals surface area contributed by atoms with E-state index in [1.807, 2.05) is 19.1 Å². The molecule has 13 nitrogen and oxygen atoms in total. The summed E-state index contributed by atoms with van der Waals surface area (Å²) in [6.07, 6.45) is 6.45. The quantitative estimate of drug-likeness (QED) is 0.0489. The lowest BCUT2D eigenvalue weighted by Gasteiger charge is -2.09. The summed E-state index contributed by atoms with van der Waals surface area (Å²) in [6.45, 7) is 1.84. The van der Waals surface area contributed by atoms with Crippen molar-refractivity contribution in [2.24, 2.45) is 0 Å². The summed E-state index contributed by atoms with van der Waals surface area (Å²) in [5.41, 5.74) is 3.28. The van der Waals surface area contributed by atoms with Crippen LogP contribution in [0, 0.1) is 24.0 Å². The van der Waals surface area contributed by atoms with Crippen LogP contribution < -0.4 is 19.9 Å². The average molecular weight is 614 g/mol. The van der Waals surface area contributed by atoms with Crippen LogP contribution in [-0.4, -0.2) is 50.5 Å². The molecule has 0 fully saturated rings. The van der Waals surface area contributed by atoms with Gasteiger partial charge in [0.2, 0.25) is 5.91 Å². The van der Waals surface area contributed by atoms with Gasteiger partial charge in [0.25, 0.3) is 9.84 Å². The minimum atomic E-state index is -4.24. The molecule has 0 spiro atoms. The third-order valence-corrected chi connectivity index (χ3v) is 7.56. The number of hydrogen-bond acceptors (Lipinski definition) is 11. The van der Waals surface area contributed by atoms with Crippen molar-refractivity contribution in [3.8, 4) is 23.5 Å². The largest absolute Gasteiger partial charge is 0.493 e. The van der Waals surface area contributed by atoms with Crippen LogP contribution in [-0.2, 0) is 24.2 Å². The van der Waals surface area contributed by atoms with Gasteiger partial charge in [0.1, 0.15) is 5.75 Å². The maximum Gasteiger partial charge on any atom is 0.415 e. The van der Waals surface area contributed by atoms with Crippen LogP contribution in [0.25, 0.3) is 6.08 Å². The first-order valence-corrected chi connectivity index (χ1v) is 14.7. The fourth-order valence-electron chi connectivity index (χ4n) is 3.68. The summed E-state index contributed by atoms with van der Waals surface area (Å²) in [7, 11) is -4.24. The lowest BCUT2D eigenvalue weighted by atomic mass is 10.1. The second-order valence-electron chi connectivity index (χ2n) is 9.01. The van der Waals surface area contributed by atoms with Gasteiger partial charge >= 0.3 is 16.9 Å².